The number of hydrogen-bond acceptors (Lipinski definition) is 3. The van der Waals surface area contributed by atoms with Crippen LogP contribution in [0, 0.1) is 5.92 Å². The van der Waals surface area contributed by atoms with Gasteiger partial charge in [0.2, 0.25) is 0 Å². The zero-order chi connectivity index (χ0) is 12.0. The van der Waals surface area contributed by atoms with Crippen molar-refractivity contribution in [1.29, 1.82) is 0 Å². The first-order valence-corrected chi connectivity index (χ1v) is 6.10. The third kappa shape index (κ3) is 3.32. The van der Waals surface area contributed by atoms with E-state index in [1.165, 1.54) is 0 Å². The largest absolute Gasteiger partial charge is 0.396 e. The Labute approximate surface area is 97.5 Å². The van der Waals surface area contributed by atoms with E-state index in [1.807, 2.05) is 16.9 Å². The fraction of sp³-hybridized carbons (Fsp3) is 0.750. The molecule has 1 rings (SSSR count). The van der Waals surface area contributed by atoms with Crippen LogP contribution in [0.2, 0.25) is 0 Å². The fourth-order valence-corrected chi connectivity index (χ4v) is 1.87. The topological polar surface area (TPSA) is 64.1 Å². The molecule has 0 saturated heterocycles. The van der Waals surface area contributed by atoms with E-state index >= 15 is 0 Å². The van der Waals surface area contributed by atoms with Gasteiger partial charge in [-0.05, 0) is 37.8 Å². The third-order valence-electron chi connectivity index (χ3n) is 3.07. The Hall–Kier alpha value is -0.870. The van der Waals surface area contributed by atoms with Crippen LogP contribution in [0.5, 0.6) is 0 Å². The Kier molecular flexibility index (Phi) is 5.49. The molecule has 0 aromatic carbocycles. The predicted octanol–water partition coefficient (Wildman–Crippen LogP) is 1.35. The number of aliphatic hydroxyl groups is 1. The van der Waals surface area contributed by atoms with E-state index in [9.17, 15) is 0 Å². The van der Waals surface area contributed by atoms with Gasteiger partial charge in [0, 0.05) is 12.8 Å². The molecule has 0 radical (unpaired) electrons. The minimum absolute atomic E-state index is 0.130. The highest BCUT2D eigenvalue weighted by molar-refractivity contribution is 5.01. The smallest absolute Gasteiger partial charge is 0.0628 e. The monoisotopic (exact) mass is 225 g/mol. The highest BCUT2D eigenvalue weighted by atomic mass is 16.3. The summed E-state index contributed by atoms with van der Waals surface area (Å²) in [6.45, 7) is 4.99. The summed E-state index contributed by atoms with van der Waals surface area (Å²) in [7, 11) is 0. The van der Waals surface area contributed by atoms with Crippen LogP contribution in [0.1, 0.15) is 38.4 Å². The Morgan fingerprint density at radius 3 is 2.62 bits per heavy atom. The molecule has 4 heteroatoms. The van der Waals surface area contributed by atoms with E-state index in [-0.39, 0.29) is 12.5 Å². The maximum Gasteiger partial charge on any atom is 0.0628 e. The highest BCUT2D eigenvalue weighted by Gasteiger charge is 2.11. The van der Waals surface area contributed by atoms with Gasteiger partial charge >= 0.3 is 0 Å². The lowest BCUT2D eigenvalue weighted by Crippen LogP contribution is -2.20. The van der Waals surface area contributed by atoms with Crippen molar-refractivity contribution in [3.8, 4) is 0 Å². The summed E-state index contributed by atoms with van der Waals surface area (Å²) in [5.74, 6) is 0.130. The first kappa shape index (κ1) is 13.2. The van der Waals surface area contributed by atoms with Crippen molar-refractivity contribution in [2.75, 3.05) is 13.2 Å². The van der Waals surface area contributed by atoms with Crippen LogP contribution < -0.4 is 5.73 Å². The van der Waals surface area contributed by atoms with Gasteiger partial charge in [-0.3, -0.25) is 4.68 Å². The lowest BCUT2D eigenvalue weighted by molar-refractivity contribution is 0.228. The molecule has 0 aliphatic carbocycles. The minimum Gasteiger partial charge on any atom is -0.396 e. The number of nitrogens with zero attached hydrogens (tertiary/aromatic N) is 2. The van der Waals surface area contributed by atoms with E-state index < -0.39 is 0 Å². The van der Waals surface area contributed by atoms with Crippen molar-refractivity contribution in [3.63, 3.8) is 0 Å². The van der Waals surface area contributed by atoms with E-state index in [0.29, 0.717) is 12.6 Å². The van der Waals surface area contributed by atoms with Crippen LogP contribution in [0.4, 0.5) is 0 Å². The van der Waals surface area contributed by atoms with Gasteiger partial charge in [0.05, 0.1) is 11.7 Å². The molecule has 4 nitrogen and oxygen atoms in total. The maximum atomic E-state index is 9.08. The fourth-order valence-electron chi connectivity index (χ4n) is 1.87. The quantitative estimate of drug-likeness (QED) is 0.736. The predicted molar refractivity (Wildman–Crippen MR) is 65.2 cm³/mol. The Balaban J connectivity index is 2.63. The van der Waals surface area contributed by atoms with Gasteiger partial charge in [0.25, 0.3) is 0 Å². The average molecular weight is 225 g/mol. The molecule has 1 heterocycles. The van der Waals surface area contributed by atoms with Crippen LogP contribution in [0.25, 0.3) is 0 Å². The molecule has 0 aliphatic rings. The molecule has 1 atom stereocenters. The zero-order valence-corrected chi connectivity index (χ0v) is 10.3. The molecular weight excluding hydrogens is 202 g/mol. The molecule has 92 valence electrons. The molecular formula is C12H23N3O. The third-order valence-corrected chi connectivity index (χ3v) is 3.07. The SMILES string of the molecule is CCC(CC)n1ccc(CC(CN)CO)n1. The highest BCUT2D eigenvalue weighted by Crippen LogP contribution is 2.15. The molecule has 16 heavy (non-hydrogen) atoms. The Morgan fingerprint density at radius 1 is 1.44 bits per heavy atom. The average Bonchev–Trinajstić information content (AvgIpc) is 2.76. The van der Waals surface area contributed by atoms with Crippen molar-refractivity contribution in [3.05, 3.63) is 18.0 Å². The molecule has 1 aromatic heterocycles. The molecule has 1 unspecified atom stereocenters. The number of aliphatic hydroxyl groups excluding tert-OH is 1. The van der Waals surface area contributed by atoms with Crippen LogP contribution >= 0.6 is 0 Å². The summed E-state index contributed by atoms with van der Waals surface area (Å²) in [6, 6.07) is 2.51. The van der Waals surface area contributed by atoms with Crippen LogP contribution in [-0.2, 0) is 6.42 Å². The van der Waals surface area contributed by atoms with Gasteiger partial charge in [-0.15, -0.1) is 0 Å². The molecule has 3 N–H and O–H groups in total. The maximum absolute atomic E-state index is 9.08. The number of rotatable bonds is 7. The molecule has 0 bridgehead atoms. The van der Waals surface area contributed by atoms with Gasteiger partial charge < -0.3 is 10.8 Å². The van der Waals surface area contributed by atoms with Crippen LogP contribution in [-0.4, -0.2) is 28.0 Å². The second-order valence-electron chi connectivity index (χ2n) is 4.25. The molecule has 0 aliphatic heterocycles. The van der Waals surface area contributed by atoms with Gasteiger partial charge in [-0.25, -0.2) is 0 Å². The lowest BCUT2D eigenvalue weighted by atomic mass is 10.1. The summed E-state index contributed by atoms with van der Waals surface area (Å²) in [5, 5.41) is 13.6. The van der Waals surface area contributed by atoms with Crippen LogP contribution in [0.15, 0.2) is 12.3 Å². The zero-order valence-electron chi connectivity index (χ0n) is 10.3. The van der Waals surface area contributed by atoms with E-state index in [2.05, 4.69) is 18.9 Å². The van der Waals surface area contributed by atoms with Crippen molar-refractivity contribution < 1.29 is 5.11 Å². The minimum atomic E-state index is 0.130. The van der Waals surface area contributed by atoms with Gasteiger partial charge in [-0.2, -0.15) is 5.10 Å². The first-order chi connectivity index (χ1) is 7.74. The first-order valence-electron chi connectivity index (χ1n) is 6.10. The van der Waals surface area contributed by atoms with Crippen LogP contribution in [0.3, 0.4) is 0 Å². The van der Waals surface area contributed by atoms with E-state index in [4.69, 9.17) is 10.8 Å². The lowest BCUT2D eigenvalue weighted by Gasteiger charge is -2.13. The summed E-state index contributed by atoms with van der Waals surface area (Å²) in [4.78, 5) is 0. The van der Waals surface area contributed by atoms with Gasteiger partial charge in [0.15, 0.2) is 0 Å². The van der Waals surface area contributed by atoms with Crippen molar-refractivity contribution in [1.82, 2.24) is 9.78 Å². The standard InChI is InChI=1S/C12H23N3O/c1-3-12(4-2)15-6-5-11(14-15)7-10(8-13)9-16/h5-6,10,12,16H,3-4,7-9,13H2,1-2H3. The molecule has 0 amide bonds. The molecule has 0 spiro atoms. The summed E-state index contributed by atoms with van der Waals surface area (Å²) in [5.41, 5.74) is 6.58. The van der Waals surface area contributed by atoms with Crippen molar-refractivity contribution in [2.24, 2.45) is 11.7 Å². The summed E-state index contributed by atoms with van der Waals surface area (Å²) in [6.07, 6.45) is 4.98. The Bertz CT molecular complexity index is 290. The molecule has 1 aromatic rings. The summed E-state index contributed by atoms with van der Waals surface area (Å²) < 4.78 is 2.03. The second-order valence-corrected chi connectivity index (χ2v) is 4.25. The van der Waals surface area contributed by atoms with E-state index in [1.54, 1.807) is 0 Å². The normalized spacial score (nSPS) is 13.3. The summed E-state index contributed by atoms with van der Waals surface area (Å²) >= 11 is 0. The Morgan fingerprint density at radius 2 is 2.12 bits per heavy atom. The van der Waals surface area contributed by atoms with E-state index in [0.717, 1.165) is 25.0 Å². The van der Waals surface area contributed by atoms with Gasteiger partial charge in [-0.1, -0.05) is 13.8 Å². The number of nitrogens with two attached hydrogens (primary N) is 1. The number of hydrogen-bond donors (Lipinski definition) is 2. The van der Waals surface area contributed by atoms with Crippen molar-refractivity contribution in [2.45, 2.75) is 39.2 Å². The molecule has 0 fully saturated rings. The molecule has 0 saturated carbocycles. The van der Waals surface area contributed by atoms with Gasteiger partial charge in [0.1, 0.15) is 0 Å². The second kappa shape index (κ2) is 6.66. The number of aromatic nitrogens is 2. The van der Waals surface area contributed by atoms with Crippen molar-refractivity contribution >= 4 is 0 Å².